The van der Waals surface area contributed by atoms with E-state index in [-0.39, 0.29) is 0 Å². The first-order chi connectivity index (χ1) is 16.8. The third-order valence-electron chi connectivity index (χ3n) is 6.93. The van der Waals surface area contributed by atoms with Crippen LogP contribution in [0, 0.1) is 0 Å². The highest BCUT2D eigenvalue weighted by Gasteiger charge is 2.39. The first-order valence-electron chi connectivity index (χ1n) is 11.4. The van der Waals surface area contributed by atoms with Crippen LogP contribution in [0.15, 0.2) is 121 Å². The molecule has 0 aliphatic carbocycles. The van der Waals surface area contributed by atoms with Crippen LogP contribution in [0.3, 0.4) is 0 Å². The standard InChI is InChI=1S/C31H20NOP/c33-34(22-11-2-1-3-12-22)28-17-9-7-14-24(28)25-19-18-21-10-4-5-13-23(21)30(25)31-26-15-6-8-16-27(26)32-20-29(31)34/h1-20H. The zero-order chi connectivity index (χ0) is 22.7. The summed E-state index contributed by atoms with van der Waals surface area (Å²) in [6.07, 6.45) is 1.86. The molecule has 160 valence electrons. The molecular formula is C31H20NOP. The van der Waals surface area contributed by atoms with Gasteiger partial charge >= 0.3 is 0 Å². The van der Waals surface area contributed by atoms with Crippen molar-refractivity contribution in [1.82, 2.24) is 4.98 Å². The van der Waals surface area contributed by atoms with Gasteiger partial charge in [-0.15, -0.1) is 0 Å². The maximum atomic E-state index is 15.5. The van der Waals surface area contributed by atoms with Crippen LogP contribution in [0.4, 0.5) is 0 Å². The molecule has 0 bridgehead atoms. The summed E-state index contributed by atoms with van der Waals surface area (Å²) in [6.45, 7) is 0. The van der Waals surface area contributed by atoms with Gasteiger partial charge in [0.15, 0.2) is 7.14 Å². The van der Waals surface area contributed by atoms with Crippen molar-refractivity contribution in [2.75, 3.05) is 0 Å². The molecule has 1 aliphatic heterocycles. The summed E-state index contributed by atoms with van der Waals surface area (Å²) in [4.78, 5) is 4.81. The second-order valence-corrected chi connectivity index (χ2v) is 11.4. The van der Waals surface area contributed by atoms with Crippen LogP contribution in [0.2, 0.25) is 0 Å². The number of aromatic nitrogens is 1. The molecule has 2 heterocycles. The number of fused-ring (bicyclic) bond motifs is 9. The lowest BCUT2D eigenvalue weighted by Crippen LogP contribution is -2.26. The maximum Gasteiger partial charge on any atom is 0.173 e. The van der Waals surface area contributed by atoms with E-state index in [2.05, 4.69) is 48.5 Å². The zero-order valence-corrected chi connectivity index (χ0v) is 19.2. The largest absolute Gasteiger partial charge is 0.309 e. The van der Waals surface area contributed by atoms with Crippen LogP contribution < -0.4 is 15.9 Å². The van der Waals surface area contributed by atoms with Gasteiger partial charge in [0.2, 0.25) is 0 Å². The second kappa shape index (κ2) is 7.25. The Morgan fingerprint density at radius 1 is 0.529 bits per heavy atom. The summed E-state index contributed by atoms with van der Waals surface area (Å²) in [6, 6.07) is 39.1. The monoisotopic (exact) mass is 453 g/mol. The van der Waals surface area contributed by atoms with Crippen LogP contribution in [0.25, 0.3) is 43.9 Å². The minimum atomic E-state index is -3.22. The van der Waals surface area contributed by atoms with E-state index in [4.69, 9.17) is 4.98 Å². The minimum absolute atomic E-state index is 0.806. The smallest absolute Gasteiger partial charge is 0.173 e. The topological polar surface area (TPSA) is 30.0 Å². The average Bonchev–Trinajstić information content (AvgIpc) is 3.01. The Labute approximate surface area is 197 Å². The summed E-state index contributed by atoms with van der Waals surface area (Å²) >= 11 is 0. The minimum Gasteiger partial charge on any atom is -0.309 e. The molecule has 0 saturated heterocycles. The number of nitrogens with zero attached hydrogens (tertiary/aromatic N) is 1. The summed E-state index contributed by atoms with van der Waals surface area (Å²) in [5.41, 5.74) is 5.20. The van der Waals surface area contributed by atoms with Crippen LogP contribution >= 0.6 is 7.14 Å². The van der Waals surface area contributed by atoms with E-state index in [1.165, 1.54) is 5.39 Å². The van der Waals surface area contributed by atoms with Gasteiger partial charge < -0.3 is 4.57 Å². The van der Waals surface area contributed by atoms with Crippen molar-refractivity contribution < 1.29 is 4.57 Å². The molecule has 0 saturated carbocycles. The fourth-order valence-corrected chi connectivity index (χ4v) is 8.43. The molecule has 6 aromatic rings. The van der Waals surface area contributed by atoms with Gasteiger partial charge in [-0.25, -0.2) is 0 Å². The van der Waals surface area contributed by atoms with Crippen LogP contribution in [-0.2, 0) is 4.57 Å². The van der Waals surface area contributed by atoms with E-state index in [1.807, 2.05) is 72.9 Å². The Kier molecular flexibility index (Phi) is 4.15. The molecule has 0 spiro atoms. The summed E-state index contributed by atoms with van der Waals surface area (Å²) in [7, 11) is -3.22. The molecule has 1 aliphatic rings. The highest BCUT2D eigenvalue weighted by molar-refractivity contribution is 7.85. The number of hydrogen-bond donors (Lipinski definition) is 0. The summed E-state index contributed by atoms with van der Waals surface area (Å²) in [5, 5.41) is 5.86. The third kappa shape index (κ3) is 2.58. The molecule has 0 N–H and O–H groups in total. The lowest BCUT2D eigenvalue weighted by molar-refractivity contribution is 0.592. The van der Waals surface area contributed by atoms with E-state index in [0.29, 0.717) is 0 Å². The molecule has 0 radical (unpaired) electrons. The molecule has 3 heteroatoms. The van der Waals surface area contributed by atoms with Gasteiger partial charge in [0.25, 0.3) is 0 Å². The second-order valence-electron chi connectivity index (χ2n) is 8.71. The van der Waals surface area contributed by atoms with Crippen molar-refractivity contribution in [3.63, 3.8) is 0 Å². The van der Waals surface area contributed by atoms with E-state index < -0.39 is 7.14 Å². The molecule has 34 heavy (non-hydrogen) atoms. The highest BCUT2D eigenvalue weighted by atomic mass is 31.2. The Morgan fingerprint density at radius 2 is 1.24 bits per heavy atom. The molecule has 0 fully saturated rings. The number of pyridine rings is 1. The molecule has 1 atom stereocenters. The Bertz CT molecular complexity index is 1790. The summed E-state index contributed by atoms with van der Waals surface area (Å²) in [5.74, 6) is 0. The lowest BCUT2D eigenvalue weighted by atomic mass is 9.88. The fraction of sp³-hybridized carbons (Fsp3) is 0. The van der Waals surface area contributed by atoms with Crippen molar-refractivity contribution >= 4 is 44.7 Å². The van der Waals surface area contributed by atoms with E-state index in [0.717, 1.165) is 54.5 Å². The quantitative estimate of drug-likeness (QED) is 0.260. The molecular weight excluding hydrogens is 433 g/mol. The van der Waals surface area contributed by atoms with Crippen molar-refractivity contribution in [1.29, 1.82) is 0 Å². The van der Waals surface area contributed by atoms with Gasteiger partial charge in [0, 0.05) is 33.1 Å². The predicted octanol–water partition coefficient (Wildman–Crippen LogP) is 6.67. The Hall–Kier alpha value is -4.00. The molecule has 0 amide bonds. The van der Waals surface area contributed by atoms with Crippen LogP contribution in [-0.4, -0.2) is 4.98 Å². The number of benzene rings is 5. The predicted molar refractivity (Wildman–Crippen MR) is 143 cm³/mol. The van der Waals surface area contributed by atoms with Gasteiger partial charge in [-0.1, -0.05) is 109 Å². The molecule has 1 unspecified atom stereocenters. The average molecular weight is 453 g/mol. The normalized spacial score (nSPS) is 16.5. The molecule has 5 aromatic carbocycles. The Morgan fingerprint density at radius 3 is 2.12 bits per heavy atom. The van der Waals surface area contributed by atoms with Gasteiger partial charge in [0.05, 0.1) is 5.52 Å². The Balaban J connectivity index is 1.79. The fourth-order valence-electron chi connectivity index (χ4n) is 5.42. The maximum absolute atomic E-state index is 15.5. The van der Waals surface area contributed by atoms with Gasteiger partial charge in [-0.2, -0.15) is 0 Å². The lowest BCUT2D eigenvalue weighted by Gasteiger charge is -2.22. The van der Waals surface area contributed by atoms with Crippen LogP contribution in [0.5, 0.6) is 0 Å². The molecule has 2 nitrogen and oxygen atoms in total. The molecule has 7 rings (SSSR count). The van der Waals surface area contributed by atoms with E-state index in [1.54, 1.807) is 0 Å². The number of hydrogen-bond acceptors (Lipinski definition) is 2. The van der Waals surface area contributed by atoms with Crippen molar-refractivity contribution in [2.45, 2.75) is 0 Å². The highest BCUT2D eigenvalue weighted by Crippen LogP contribution is 2.53. The first kappa shape index (κ1) is 19.5. The van der Waals surface area contributed by atoms with Crippen molar-refractivity contribution in [2.24, 2.45) is 0 Å². The number of para-hydroxylation sites is 1. The first-order valence-corrected chi connectivity index (χ1v) is 13.1. The third-order valence-corrected chi connectivity index (χ3v) is 10.0. The van der Waals surface area contributed by atoms with E-state index in [9.17, 15) is 0 Å². The SMILES string of the molecule is O=P1(c2ccccc2)c2ccccc2-c2ccc3ccccc3c2-c2c1cnc1ccccc21. The number of rotatable bonds is 1. The van der Waals surface area contributed by atoms with Crippen molar-refractivity contribution in [3.8, 4) is 22.3 Å². The van der Waals surface area contributed by atoms with Crippen molar-refractivity contribution in [3.05, 3.63) is 121 Å². The van der Waals surface area contributed by atoms with Gasteiger partial charge in [-0.3, -0.25) is 4.98 Å². The van der Waals surface area contributed by atoms with Gasteiger partial charge in [0.1, 0.15) is 0 Å². The van der Waals surface area contributed by atoms with Gasteiger partial charge in [-0.05, 0) is 33.5 Å². The summed E-state index contributed by atoms with van der Waals surface area (Å²) < 4.78 is 15.5. The van der Waals surface area contributed by atoms with E-state index >= 15 is 4.57 Å². The molecule has 1 aromatic heterocycles. The zero-order valence-electron chi connectivity index (χ0n) is 18.3. The van der Waals surface area contributed by atoms with Crippen LogP contribution in [0.1, 0.15) is 0 Å².